The molecule has 7 rings (SSSR count). The van der Waals surface area contributed by atoms with E-state index in [9.17, 15) is 19.8 Å². The number of likely N-dealkylation sites (tertiary alicyclic amines) is 2. The van der Waals surface area contributed by atoms with E-state index < -0.39 is 12.2 Å². The van der Waals surface area contributed by atoms with Crippen LogP contribution in [0.3, 0.4) is 0 Å². The number of amides is 1. The van der Waals surface area contributed by atoms with Crippen LogP contribution in [0, 0.1) is 11.7 Å². The van der Waals surface area contributed by atoms with Crippen LogP contribution in [0.25, 0.3) is 22.0 Å². The van der Waals surface area contributed by atoms with E-state index in [2.05, 4.69) is 25.4 Å². The van der Waals surface area contributed by atoms with E-state index in [1.807, 2.05) is 72.8 Å². The fourth-order valence-electron chi connectivity index (χ4n) is 7.73. The number of ether oxygens (including phenoxy) is 1. The maximum Gasteiger partial charge on any atom is 0.411 e. The van der Waals surface area contributed by atoms with Crippen LogP contribution in [-0.4, -0.2) is 76.5 Å². The Labute approximate surface area is 314 Å². The predicted molar refractivity (Wildman–Crippen MR) is 209 cm³/mol. The van der Waals surface area contributed by atoms with Gasteiger partial charge in [-0.1, -0.05) is 72.8 Å². The van der Waals surface area contributed by atoms with Gasteiger partial charge < -0.3 is 25.3 Å². The second-order valence-electron chi connectivity index (χ2n) is 14.5. The summed E-state index contributed by atoms with van der Waals surface area (Å²) in [6, 6.07) is 29.5. The molecule has 0 radical (unpaired) electrons. The molecule has 2 aliphatic heterocycles. The highest BCUT2D eigenvalue weighted by molar-refractivity contribution is 5.91. The number of phenols is 1. The van der Waals surface area contributed by atoms with Gasteiger partial charge in [0.25, 0.3) is 0 Å². The molecule has 0 spiro atoms. The van der Waals surface area contributed by atoms with Crippen LogP contribution in [0.1, 0.15) is 48.5 Å². The molecular weight excluding hydrogens is 686 g/mol. The number of aromatic hydroxyl groups is 1. The average molecular weight is 734 g/mol. The number of aromatic amines is 1. The Bertz CT molecular complexity index is 2090. The maximum atomic E-state index is 15.8. The van der Waals surface area contributed by atoms with E-state index in [1.165, 1.54) is 12.1 Å². The lowest BCUT2D eigenvalue weighted by molar-refractivity contribution is 0.0564. The van der Waals surface area contributed by atoms with Gasteiger partial charge in [0.15, 0.2) is 0 Å². The number of anilines is 1. The highest BCUT2D eigenvalue weighted by Gasteiger charge is 2.25. The second kappa shape index (κ2) is 17.4. The van der Waals surface area contributed by atoms with Crippen molar-refractivity contribution in [1.82, 2.24) is 20.1 Å². The van der Waals surface area contributed by atoms with E-state index in [-0.39, 0.29) is 23.2 Å². The van der Waals surface area contributed by atoms with Crippen LogP contribution in [0.15, 0.2) is 102 Å². The van der Waals surface area contributed by atoms with Crippen LogP contribution in [0.2, 0.25) is 0 Å². The van der Waals surface area contributed by atoms with Crippen molar-refractivity contribution in [1.29, 1.82) is 0 Å². The number of benzene rings is 4. The van der Waals surface area contributed by atoms with Gasteiger partial charge >= 0.3 is 6.09 Å². The zero-order valence-electron chi connectivity index (χ0n) is 30.3. The summed E-state index contributed by atoms with van der Waals surface area (Å²) >= 11 is 0. The minimum absolute atomic E-state index is 0.0300. The first kappa shape index (κ1) is 37.3. The van der Waals surface area contributed by atoms with Gasteiger partial charge in [0, 0.05) is 60.9 Å². The van der Waals surface area contributed by atoms with E-state index in [0.717, 1.165) is 43.6 Å². The molecule has 0 aliphatic carbocycles. The number of nitrogens with one attached hydrogen (secondary N) is 3. The number of halogens is 1. The number of carbonyl (C=O) groups is 1. The number of nitrogens with zero attached hydrogens (tertiary/aromatic N) is 2. The molecule has 10 nitrogen and oxygen atoms in total. The Morgan fingerprint density at radius 1 is 0.833 bits per heavy atom. The Balaban J connectivity index is 0.832. The molecule has 0 saturated carbocycles. The summed E-state index contributed by atoms with van der Waals surface area (Å²) in [5.74, 6) is 0.272. The van der Waals surface area contributed by atoms with Crippen molar-refractivity contribution in [2.24, 2.45) is 5.92 Å². The molecule has 0 bridgehead atoms. The molecule has 4 aromatic carbocycles. The number of hydrogen-bond acceptors (Lipinski definition) is 8. The summed E-state index contributed by atoms with van der Waals surface area (Å²) in [6.07, 6.45) is 1.87. The molecule has 1 aromatic heterocycles. The fourth-order valence-corrected chi connectivity index (χ4v) is 7.73. The fraction of sp³-hybridized carbons (Fsp3) is 0.349. The van der Waals surface area contributed by atoms with E-state index >= 15 is 4.39 Å². The van der Waals surface area contributed by atoms with Crippen LogP contribution in [0.5, 0.6) is 5.75 Å². The zero-order chi connectivity index (χ0) is 37.4. The van der Waals surface area contributed by atoms with Crippen molar-refractivity contribution in [3.8, 4) is 16.9 Å². The topological polar surface area (TPSA) is 130 Å². The van der Waals surface area contributed by atoms with Gasteiger partial charge in [-0.15, -0.1) is 0 Å². The molecule has 2 saturated heterocycles. The first-order valence-electron chi connectivity index (χ1n) is 18.9. The SMILES string of the molecule is O=C(Nc1ccccc1-c1ccccc1)OC1CCN(Cc2cccc(CN3CCC(CNCC(O)c4ccc(O)c5[nH]c(=O)ccc45)CC3)c2F)CC1. The molecule has 2 fully saturated rings. The van der Waals surface area contributed by atoms with E-state index in [1.54, 1.807) is 12.1 Å². The first-order valence-corrected chi connectivity index (χ1v) is 18.9. The summed E-state index contributed by atoms with van der Waals surface area (Å²) < 4.78 is 21.6. The monoisotopic (exact) mass is 733 g/mol. The van der Waals surface area contributed by atoms with Gasteiger partial charge in [-0.2, -0.15) is 0 Å². The standard InChI is InChI=1S/C43H48FN5O5/c44-41-31(27-48-21-17-29(18-22-48)25-45-26-39(51)35-13-15-38(50)42-36(35)14-16-40(52)47-42)9-6-10-32(41)28-49-23-19-33(20-24-49)54-43(53)46-37-12-5-4-11-34(37)30-7-2-1-3-8-30/h1-16,29,33,39,45,50-51H,17-28H2,(H,46,53)(H,47,52). The lowest BCUT2D eigenvalue weighted by Crippen LogP contribution is -2.38. The molecular formula is C43H48FN5O5. The summed E-state index contributed by atoms with van der Waals surface area (Å²) in [6.45, 7) is 5.35. The van der Waals surface area contributed by atoms with Crippen LogP contribution in [-0.2, 0) is 17.8 Å². The van der Waals surface area contributed by atoms with Gasteiger partial charge in [-0.3, -0.25) is 19.9 Å². The Morgan fingerprint density at radius 3 is 2.22 bits per heavy atom. The van der Waals surface area contributed by atoms with E-state index in [4.69, 9.17) is 4.74 Å². The lowest BCUT2D eigenvalue weighted by atomic mass is 9.96. The number of carbonyl (C=O) groups excluding carboxylic acids is 1. The number of aromatic nitrogens is 1. The number of phenolic OH excluding ortho intramolecular Hbond substituents is 1. The van der Waals surface area contributed by atoms with Crippen molar-refractivity contribution in [3.63, 3.8) is 0 Å². The highest BCUT2D eigenvalue weighted by atomic mass is 19.1. The zero-order valence-corrected chi connectivity index (χ0v) is 30.3. The summed E-state index contributed by atoms with van der Waals surface area (Å²) in [5.41, 5.74) is 4.71. The number of fused-ring (bicyclic) bond motifs is 1. The molecule has 5 aromatic rings. The molecule has 1 atom stereocenters. The molecule has 3 heterocycles. The Hall–Kier alpha value is -5.07. The lowest BCUT2D eigenvalue weighted by Gasteiger charge is -2.33. The number of pyridine rings is 1. The third-order valence-corrected chi connectivity index (χ3v) is 10.7. The van der Waals surface area contributed by atoms with Crippen molar-refractivity contribution < 1.29 is 24.1 Å². The number of H-pyrrole nitrogens is 1. The average Bonchev–Trinajstić information content (AvgIpc) is 3.18. The molecule has 1 amide bonds. The molecule has 282 valence electrons. The Kier molecular flexibility index (Phi) is 12.0. The number of aliphatic hydroxyl groups is 1. The van der Waals surface area contributed by atoms with Gasteiger partial charge in [0.05, 0.1) is 17.3 Å². The summed E-state index contributed by atoms with van der Waals surface area (Å²) in [5, 5.41) is 28.0. The van der Waals surface area contributed by atoms with Crippen LogP contribution < -0.4 is 16.2 Å². The number of piperidine rings is 2. The minimum Gasteiger partial charge on any atom is -0.506 e. The van der Waals surface area contributed by atoms with E-state index in [0.29, 0.717) is 84.8 Å². The summed E-state index contributed by atoms with van der Waals surface area (Å²) in [4.78, 5) is 31.7. The number of para-hydroxylation sites is 1. The number of rotatable bonds is 12. The van der Waals surface area contributed by atoms with Gasteiger partial charge in [0.2, 0.25) is 5.56 Å². The van der Waals surface area contributed by atoms with Crippen molar-refractivity contribution in [2.45, 2.75) is 51.0 Å². The quantitative estimate of drug-likeness (QED) is 0.0949. The smallest absolute Gasteiger partial charge is 0.411 e. The molecule has 11 heteroatoms. The molecule has 2 aliphatic rings. The van der Waals surface area contributed by atoms with Crippen LogP contribution in [0.4, 0.5) is 14.9 Å². The van der Waals surface area contributed by atoms with Crippen molar-refractivity contribution in [2.75, 3.05) is 44.6 Å². The van der Waals surface area contributed by atoms with Gasteiger partial charge in [0.1, 0.15) is 17.7 Å². The third kappa shape index (κ3) is 9.17. The predicted octanol–water partition coefficient (Wildman–Crippen LogP) is 6.79. The normalized spacial score (nSPS) is 16.7. The Morgan fingerprint density at radius 2 is 1.50 bits per heavy atom. The molecule has 1 unspecified atom stereocenters. The molecule has 5 N–H and O–H groups in total. The largest absolute Gasteiger partial charge is 0.506 e. The second-order valence-corrected chi connectivity index (χ2v) is 14.5. The third-order valence-electron chi connectivity index (χ3n) is 10.7. The van der Waals surface area contributed by atoms with Gasteiger partial charge in [-0.05, 0) is 80.6 Å². The van der Waals surface area contributed by atoms with Gasteiger partial charge in [-0.25, -0.2) is 9.18 Å². The molecule has 54 heavy (non-hydrogen) atoms. The van der Waals surface area contributed by atoms with Crippen LogP contribution >= 0.6 is 0 Å². The highest BCUT2D eigenvalue weighted by Crippen LogP contribution is 2.30. The maximum absolute atomic E-state index is 15.8. The summed E-state index contributed by atoms with van der Waals surface area (Å²) in [7, 11) is 0. The minimum atomic E-state index is -0.797. The van der Waals surface area contributed by atoms with Crippen molar-refractivity contribution >= 4 is 22.7 Å². The number of aliphatic hydroxyl groups excluding tert-OH is 1. The first-order chi connectivity index (χ1) is 26.3. The van der Waals surface area contributed by atoms with Crippen molar-refractivity contribution in [3.05, 3.63) is 130 Å². The number of hydrogen-bond donors (Lipinski definition) is 5.